The fraction of sp³-hybridized carbons (Fsp3) is 0.250. The normalized spacial score (nSPS) is 10.6. The van der Waals surface area contributed by atoms with Crippen LogP contribution in [0.5, 0.6) is 5.75 Å². The zero-order chi connectivity index (χ0) is 12.6. The maximum absolute atomic E-state index is 11.5. The fourth-order valence-corrected chi connectivity index (χ4v) is 2.27. The number of halogens is 1. The highest BCUT2D eigenvalue weighted by atomic mass is 79.9. The van der Waals surface area contributed by atoms with Gasteiger partial charge in [-0.05, 0) is 35.0 Å². The number of hydrogen-bond acceptors (Lipinski definition) is 4. The van der Waals surface area contributed by atoms with Gasteiger partial charge in [0.15, 0.2) is 5.58 Å². The maximum Gasteiger partial charge on any atom is 0.374 e. The molecule has 5 heteroatoms. The average molecular weight is 299 g/mol. The molecule has 0 spiro atoms. The Bertz CT molecular complexity index is 586. The van der Waals surface area contributed by atoms with E-state index in [0.717, 1.165) is 10.9 Å². The summed E-state index contributed by atoms with van der Waals surface area (Å²) in [4.78, 5) is 11.5. The van der Waals surface area contributed by atoms with Gasteiger partial charge in [0, 0.05) is 10.9 Å². The number of methoxy groups -OCH3 is 2. The van der Waals surface area contributed by atoms with E-state index < -0.39 is 5.97 Å². The third-order valence-corrected chi connectivity index (χ3v) is 3.35. The van der Waals surface area contributed by atoms with Crippen molar-refractivity contribution in [2.24, 2.45) is 0 Å². The zero-order valence-corrected chi connectivity index (χ0v) is 11.3. The molecule has 0 radical (unpaired) electrons. The number of benzene rings is 1. The first-order valence-corrected chi connectivity index (χ1v) is 5.73. The first-order valence-electron chi connectivity index (χ1n) is 4.94. The smallest absolute Gasteiger partial charge is 0.374 e. The predicted molar refractivity (Wildman–Crippen MR) is 66.5 cm³/mol. The van der Waals surface area contributed by atoms with Gasteiger partial charge in [0.1, 0.15) is 10.2 Å². The Labute approximate surface area is 107 Å². The molecular weight excluding hydrogens is 288 g/mol. The summed E-state index contributed by atoms with van der Waals surface area (Å²) < 4.78 is 16.0. The molecule has 0 aliphatic carbocycles. The summed E-state index contributed by atoms with van der Waals surface area (Å²) in [5.41, 5.74) is 1.34. The van der Waals surface area contributed by atoms with Gasteiger partial charge in [0.2, 0.25) is 5.76 Å². The summed E-state index contributed by atoms with van der Waals surface area (Å²) >= 11 is 3.39. The summed E-state index contributed by atoms with van der Waals surface area (Å²) in [7, 11) is 2.90. The van der Waals surface area contributed by atoms with E-state index in [4.69, 9.17) is 9.15 Å². The van der Waals surface area contributed by atoms with Gasteiger partial charge in [-0.25, -0.2) is 4.79 Å². The molecule has 0 atom stereocenters. The van der Waals surface area contributed by atoms with Crippen LogP contribution in [0.3, 0.4) is 0 Å². The molecule has 4 nitrogen and oxygen atoms in total. The molecule has 90 valence electrons. The summed E-state index contributed by atoms with van der Waals surface area (Å²) in [5.74, 6) is 0.392. The lowest BCUT2D eigenvalue weighted by Gasteiger charge is -2.02. The van der Waals surface area contributed by atoms with E-state index in [2.05, 4.69) is 20.7 Å². The lowest BCUT2D eigenvalue weighted by molar-refractivity contribution is 0.0566. The highest BCUT2D eigenvalue weighted by Gasteiger charge is 2.20. The molecule has 0 aliphatic heterocycles. The van der Waals surface area contributed by atoms with Crippen molar-refractivity contribution in [3.05, 3.63) is 27.9 Å². The van der Waals surface area contributed by atoms with Gasteiger partial charge in [-0.3, -0.25) is 0 Å². The second-order valence-corrected chi connectivity index (χ2v) is 4.30. The molecule has 0 fully saturated rings. The Kier molecular flexibility index (Phi) is 3.11. The van der Waals surface area contributed by atoms with Crippen molar-refractivity contribution in [2.45, 2.75) is 6.92 Å². The molecule has 2 aromatic rings. The third kappa shape index (κ3) is 1.80. The molecule has 2 rings (SSSR count). The minimum Gasteiger partial charge on any atom is -0.495 e. The Morgan fingerprint density at radius 1 is 1.35 bits per heavy atom. The Morgan fingerprint density at radius 2 is 2.06 bits per heavy atom. The van der Waals surface area contributed by atoms with E-state index in [-0.39, 0.29) is 5.76 Å². The van der Waals surface area contributed by atoms with Gasteiger partial charge in [-0.15, -0.1) is 0 Å². The number of rotatable bonds is 2. The quantitative estimate of drug-likeness (QED) is 0.798. The van der Waals surface area contributed by atoms with E-state index in [9.17, 15) is 4.79 Å². The number of furan rings is 1. The molecule has 0 aliphatic rings. The first kappa shape index (κ1) is 12.0. The number of carbonyl (C=O) groups is 1. The maximum atomic E-state index is 11.5. The predicted octanol–water partition coefficient (Wildman–Crippen LogP) is 3.30. The second-order valence-electron chi connectivity index (χ2n) is 3.51. The van der Waals surface area contributed by atoms with Gasteiger partial charge in [-0.1, -0.05) is 0 Å². The monoisotopic (exact) mass is 298 g/mol. The van der Waals surface area contributed by atoms with Crippen LogP contribution < -0.4 is 4.74 Å². The molecular formula is C12H11BrO4. The van der Waals surface area contributed by atoms with Crippen molar-refractivity contribution >= 4 is 32.9 Å². The molecule has 0 saturated heterocycles. The lowest BCUT2D eigenvalue weighted by atomic mass is 10.1. The van der Waals surface area contributed by atoms with Gasteiger partial charge in [0.05, 0.1) is 14.2 Å². The third-order valence-electron chi connectivity index (χ3n) is 2.60. The van der Waals surface area contributed by atoms with Gasteiger partial charge in [0.25, 0.3) is 0 Å². The molecule has 1 aromatic heterocycles. The van der Waals surface area contributed by atoms with Crippen molar-refractivity contribution in [1.29, 1.82) is 0 Å². The second kappa shape index (κ2) is 4.41. The highest BCUT2D eigenvalue weighted by Crippen LogP contribution is 2.37. The average Bonchev–Trinajstić information content (AvgIpc) is 2.68. The SMILES string of the molecule is COC(=O)c1oc2c(Br)c(OC)ccc2c1C. The van der Waals surface area contributed by atoms with Gasteiger partial charge < -0.3 is 13.9 Å². The summed E-state index contributed by atoms with van der Waals surface area (Å²) in [5, 5.41) is 0.859. The Balaban J connectivity index is 2.73. The van der Waals surface area contributed by atoms with E-state index in [1.807, 2.05) is 19.1 Å². The largest absolute Gasteiger partial charge is 0.495 e. The molecule has 0 amide bonds. The number of esters is 1. The van der Waals surface area contributed by atoms with Crippen LogP contribution in [0, 0.1) is 6.92 Å². The first-order chi connectivity index (χ1) is 8.10. The van der Waals surface area contributed by atoms with Crippen molar-refractivity contribution in [1.82, 2.24) is 0 Å². The molecule has 0 bridgehead atoms. The molecule has 0 unspecified atom stereocenters. The summed E-state index contributed by atoms with van der Waals surface area (Å²) in [6, 6.07) is 3.67. The van der Waals surface area contributed by atoms with Crippen molar-refractivity contribution < 1.29 is 18.7 Å². The number of hydrogen-bond donors (Lipinski definition) is 0. The van der Waals surface area contributed by atoms with E-state index >= 15 is 0 Å². The molecule has 17 heavy (non-hydrogen) atoms. The van der Waals surface area contributed by atoms with E-state index in [1.54, 1.807) is 7.11 Å². The van der Waals surface area contributed by atoms with Crippen LogP contribution >= 0.6 is 15.9 Å². The minimum absolute atomic E-state index is 0.219. The Hall–Kier alpha value is -1.49. The number of fused-ring (bicyclic) bond motifs is 1. The van der Waals surface area contributed by atoms with Crippen LogP contribution in [0.1, 0.15) is 16.1 Å². The standard InChI is InChI=1S/C12H11BrO4/c1-6-7-4-5-8(15-2)9(13)11(7)17-10(6)12(14)16-3/h4-5H,1-3H3. The van der Waals surface area contributed by atoms with E-state index in [1.165, 1.54) is 7.11 Å². The zero-order valence-electron chi connectivity index (χ0n) is 9.67. The Morgan fingerprint density at radius 3 is 2.65 bits per heavy atom. The lowest BCUT2D eigenvalue weighted by Crippen LogP contribution is -2.00. The van der Waals surface area contributed by atoms with Crippen LogP contribution in [0.4, 0.5) is 0 Å². The van der Waals surface area contributed by atoms with Gasteiger partial charge >= 0.3 is 5.97 Å². The number of ether oxygens (including phenoxy) is 2. The summed E-state index contributed by atoms with van der Waals surface area (Å²) in [6.07, 6.45) is 0. The summed E-state index contributed by atoms with van der Waals surface area (Å²) in [6.45, 7) is 1.82. The van der Waals surface area contributed by atoms with Gasteiger partial charge in [-0.2, -0.15) is 0 Å². The van der Waals surface area contributed by atoms with Crippen LogP contribution in [0.15, 0.2) is 21.0 Å². The van der Waals surface area contributed by atoms with Crippen LogP contribution in [-0.2, 0) is 4.74 Å². The number of carbonyl (C=O) groups excluding carboxylic acids is 1. The van der Waals surface area contributed by atoms with Crippen LogP contribution in [0.2, 0.25) is 0 Å². The van der Waals surface area contributed by atoms with E-state index in [0.29, 0.717) is 15.8 Å². The minimum atomic E-state index is -0.482. The van der Waals surface area contributed by atoms with Crippen LogP contribution in [-0.4, -0.2) is 20.2 Å². The van der Waals surface area contributed by atoms with Crippen LogP contribution in [0.25, 0.3) is 11.0 Å². The topological polar surface area (TPSA) is 48.7 Å². The molecule has 1 heterocycles. The fourth-order valence-electron chi connectivity index (χ4n) is 1.68. The highest BCUT2D eigenvalue weighted by molar-refractivity contribution is 9.10. The van der Waals surface area contributed by atoms with Crippen molar-refractivity contribution in [2.75, 3.05) is 14.2 Å². The number of aryl methyl sites for hydroxylation is 1. The molecule has 1 aromatic carbocycles. The molecule has 0 N–H and O–H groups in total. The van der Waals surface area contributed by atoms with Crippen molar-refractivity contribution in [3.63, 3.8) is 0 Å². The molecule has 0 saturated carbocycles. The van der Waals surface area contributed by atoms with Crippen molar-refractivity contribution in [3.8, 4) is 5.75 Å².